The van der Waals surface area contributed by atoms with Crippen molar-refractivity contribution < 1.29 is 9.47 Å². The van der Waals surface area contributed by atoms with E-state index in [9.17, 15) is 0 Å². The molecular formula is C21H16ClN3O2S. The van der Waals surface area contributed by atoms with Crippen molar-refractivity contribution >= 4 is 40.5 Å². The minimum atomic E-state index is 0.247. The molecule has 0 amide bonds. The highest BCUT2D eigenvalue weighted by Gasteiger charge is 2.17. The summed E-state index contributed by atoms with van der Waals surface area (Å²) in [4.78, 5) is 6.04. The minimum Gasteiger partial charge on any atom is -0.454 e. The second kappa shape index (κ2) is 6.96. The molecule has 0 atom stereocenters. The molecule has 2 aromatic carbocycles. The van der Waals surface area contributed by atoms with Gasteiger partial charge in [0.25, 0.3) is 0 Å². The highest BCUT2D eigenvalue weighted by molar-refractivity contribution is 7.98. The summed E-state index contributed by atoms with van der Waals surface area (Å²) in [5.74, 6) is 2.32. The van der Waals surface area contributed by atoms with Gasteiger partial charge in [0, 0.05) is 28.4 Å². The van der Waals surface area contributed by atoms with E-state index in [1.165, 1.54) is 4.90 Å². The van der Waals surface area contributed by atoms with Crippen LogP contribution in [0.2, 0.25) is 5.02 Å². The Morgan fingerprint density at radius 1 is 1.04 bits per heavy atom. The predicted octanol–water partition coefficient (Wildman–Crippen LogP) is 5.85. The molecule has 1 aliphatic rings. The van der Waals surface area contributed by atoms with Crippen LogP contribution in [0.4, 0.5) is 11.5 Å². The Bertz CT molecular complexity index is 1170. The number of benzene rings is 2. The van der Waals surface area contributed by atoms with Crippen molar-refractivity contribution in [2.75, 3.05) is 18.4 Å². The van der Waals surface area contributed by atoms with Crippen LogP contribution < -0.4 is 14.8 Å². The summed E-state index contributed by atoms with van der Waals surface area (Å²) < 4.78 is 12.9. The molecule has 5 rings (SSSR count). The summed E-state index contributed by atoms with van der Waals surface area (Å²) in [6.45, 7) is 0.247. The van der Waals surface area contributed by atoms with Gasteiger partial charge in [-0.25, -0.2) is 4.98 Å². The van der Waals surface area contributed by atoms with Crippen LogP contribution in [0.25, 0.3) is 16.9 Å². The molecule has 0 bridgehead atoms. The largest absolute Gasteiger partial charge is 0.454 e. The number of fused-ring (bicyclic) bond motifs is 2. The number of hydrogen-bond donors (Lipinski definition) is 1. The first kappa shape index (κ1) is 17.3. The SMILES string of the molecule is CSc1ccc(-c2nc3ccc(Cl)cn3c2Nc2ccc3c(c2)OCO3)cc1. The van der Waals surface area contributed by atoms with E-state index in [-0.39, 0.29) is 6.79 Å². The van der Waals surface area contributed by atoms with E-state index in [1.807, 2.05) is 40.9 Å². The summed E-state index contributed by atoms with van der Waals surface area (Å²) in [5.41, 5.74) is 3.58. The maximum Gasteiger partial charge on any atom is 0.231 e. The molecular weight excluding hydrogens is 394 g/mol. The summed E-state index contributed by atoms with van der Waals surface area (Å²) in [6, 6.07) is 17.9. The zero-order valence-corrected chi connectivity index (χ0v) is 16.6. The average molecular weight is 410 g/mol. The monoisotopic (exact) mass is 409 g/mol. The second-order valence-electron chi connectivity index (χ2n) is 6.31. The van der Waals surface area contributed by atoms with E-state index in [4.69, 9.17) is 26.1 Å². The Morgan fingerprint density at radius 2 is 1.86 bits per heavy atom. The molecule has 1 N–H and O–H groups in total. The summed E-state index contributed by atoms with van der Waals surface area (Å²) in [7, 11) is 0. The lowest BCUT2D eigenvalue weighted by Crippen LogP contribution is -1.97. The molecule has 4 aromatic rings. The quantitative estimate of drug-likeness (QED) is 0.428. The topological polar surface area (TPSA) is 47.8 Å². The van der Waals surface area contributed by atoms with Gasteiger partial charge in [-0.15, -0.1) is 11.8 Å². The first-order chi connectivity index (χ1) is 13.7. The molecule has 0 saturated carbocycles. The number of thioether (sulfide) groups is 1. The third-order valence-electron chi connectivity index (χ3n) is 4.58. The molecule has 0 fully saturated rings. The van der Waals surface area contributed by atoms with E-state index < -0.39 is 0 Å². The fraction of sp³-hybridized carbons (Fsp3) is 0.0952. The molecule has 28 heavy (non-hydrogen) atoms. The normalized spacial score (nSPS) is 12.5. The van der Waals surface area contributed by atoms with E-state index >= 15 is 0 Å². The Labute approximate surface area is 171 Å². The van der Waals surface area contributed by atoms with Crippen LogP contribution in [0.15, 0.2) is 65.7 Å². The van der Waals surface area contributed by atoms with Gasteiger partial charge in [0.1, 0.15) is 17.2 Å². The van der Waals surface area contributed by atoms with Crippen LogP contribution in [0.1, 0.15) is 0 Å². The van der Waals surface area contributed by atoms with Gasteiger partial charge >= 0.3 is 0 Å². The Kier molecular flexibility index (Phi) is 4.30. The number of pyridine rings is 1. The predicted molar refractivity (Wildman–Crippen MR) is 113 cm³/mol. The zero-order chi connectivity index (χ0) is 19.1. The highest BCUT2D eigenvalue weighted by atomic mass is 35.5. The Morgan fingerprint density at radius 3 is 2.68 bits per heavy atom. The minimum absolute atomic E-state index is 0.247. The summed E-state index contributed by atoms with van der Waals surface area (Å²) in [5, 5.41) is 4.12. The lowest BCUT2D eigenvalue weighted by Gasteiger charge is -2.10. The number of aromatic nitrogens is 2. The van der Waals surface area contributed by atoms with Crippen molar-refractivity contribution in [1.82, 2.24) is 9.38 Å². The molecule has 0 spiro atoms. The number of imidazole rings is 1. The fourth-order valence-corrected chi connectivity index (χ4v) is 3.77. The van der Waals surface area contributed by atoms with Crippen molar-refractivity contribution in [3.05, 3.63) is 65.8 Å². The maximum absolute atomic E-state index is 6.25. The van der Waals surface area contributed by atoms with Gasteiger partial charge < -0.3 is 14.8 Å². The second-order valence-corrected chi connectivity index (χ2v) is 7.62. The fourth-order valence-electron chi connectivity index (χ4n) is 3.20. The van der Waals surface area contributed by atoms with Gasteiger partial charge in [-0.05, 0) is 42.7 Å². The lowest BCUT2D eigenvalue weighted by molar-refractivity contribution is 0.174. The van der Waals surface area contributed by atoms with Gasteiger partial charge in [0.2, 0.25) is 6.79 Å². The molecule has 3 heterocycles. The number of hydrogen-bond acceptors (Lipinski definition) is 5. The van der Waals surface area contributed by atoms with Crippen molar-refractivity contribution in [2.45, 2.75) is 4.90 Å². The van der Waals surface area contributed by atoms with E-state index in [0.717, 1.165) is 39.9 Å². The Hall–Kier alpha value is -2.83. The number of halogens is 1. The van der Waals surface area contributed by atoms with E-state index in [1.54, 1.807) is 11.8 Å². The summed E-state index contributed by atoms with van der Waals surface area (Å²) >= 11 is 7.96. The smallest absolute Gasteiger partial charge is 0.231 e. The number of ether oxygens (including phenoxy) is 2. The first-order valence-corrected chi connectivity index (χ1v) is 10.3. The molecule has 0 aliphatic carbocycles. The molecule has 0 unspecified atom stereocenters. The number of rotatable bonds is 4. The Balaban J connectivity index is 1.63. The molecule has 140 valence electrons. The van der Waals surface area contributed by atoms with Crippen LogP contribution in [0, 0.1) is 0 Å². The maximum atomic E-state index is 6.25. The molecule has 2 aromatic heterocycles. The lowest BCUT2D eigenvalue weighted by atomic mass is 10.1. The van der Waals surface area contributed by atoms with Crippen LogP contribution >= 0.6 is 23.4 Å². The molecule has 5 nitrogen and oxygen atoms in total. The molecule has 7 heteroatoms. The van der Waals surface area contributed by atoms with Gasteiger partial charge in [-0.3, -0.25) is 4.40 Å². The third-order valence-corrected chi connectivity index (χ3v) is 5.55. The van der Waals surface area contributed by atoms with Gasteiger partial charge in [0.05, 0.1) is 5.02 Å². The van der Waals surface area contributed by atoms with Crippen LogP contribution in [0.3, 0.4) is 0 Å². The van der Waals surface area contributed by atoms with Crippen molar-refractivity contribution in [1.29, 1.82) is 0 Å². The molecule has 0 saturated heterocycles. The van der Waals surface area contributed by atoms with Crippen LogP contribution in [-0.4, -0.2) is 22.4 Å². The van der Waals surface area contributed by atoms with E-state index in [2.05, 4.69) is 35.8 Å². The first-order valence-electron chi connectivity index (χ1n) is 8.70. The average Bonchev–Trinajstić information content (AvgIpc) is 3.32. The van der Waals surface area contributed by atoms with Crippen LogP contribution in [-0.2, 0) is 0 Å². The molecule has 0 radical (unpaired) electrons. The standard InChI is InChI=1S/C21H16ClN3O2S/c1-28-16-6-2-13(3-7-16)20-21(25-11-14(22)4-9-19(25)24-20)23-15-5-8-17-18(10-15)27-12-26-17/h2-11,23H,12H2,1H3. The third kappa shape index (κ3) is 3.04. The van der Waals surface area contributed by atoms with Gasteiger partial charge in [-0.2, -0.15) is 0 Å². The van der Waals surface area contributed by atoms with E-state index in [0.29, 0.717) is 5.02 Å². The summed E-state index contributed by atoms with van der Waals surface area (Å²) in [6.07, 6.45) is 3.92. The zero-order valence-electron chi connectivity index (χ0n) is 15.0. The number of nitrogens with zero attached hydrogens (tertiary/aromatic N) is 2. The highest BCUT2D eigenvalue weighted by Crippen LogP contribution is 2.37. The van der Waals surface area contributed by atoms with Crippen molar-refractivity contribution in [2.24, 2.45) is 0 Å². The van der Waals surface area contributed by atoms with Crippen molar-refractivity contribution in [3.8, 4) is 22.8 Å². The van der Waals surface area contributed by atoms with Gasteiger partial charge in [-0.1, -0.05) is 23.7 Å². The number of anilines is 2. The van der Waals surface area contributed by atoms with Crippen LogP contribution in [0.5, 0.6) is 11.5 Å². The number of nitrogens with one attached hydrogen (secondary N) is 1. The molecule has 1 aliphatic heterocycles. The van der Waals surface area contributed by atoms with Crippen molar-refractivity contribution in [3.63, 3.8) is 0 Å². The van der Waals surface area contributed by atoms with Gasteiger partial charge in [0.15, 0.2) is 11.5 Å².